The first kappa shape index (κ1) is 41.1. The van der Waals surface area contributed by atoms with Gasteiger partial charge in [-0.25, -0.2) is 0 Å². The maximum Gasteiger partial charge on any atom is 0.116 e. The van der Waals surface area contributed by atoms with Gasteiger partial charge in [0, 0.05) is 12.8 Å². The average molecular weight is 747 g/mol. The second kappa shape index (κ2) is 17.3. The monoisotopic (exact) mass is 746 g/mol. The van der Waals surface area contributed by atoms with Crippen LogP contribution in [0.5, 0.6) is 5.75 Å². The first-order valence-corrected chi connectivity index (χ1v) is 20.5. The highest BCUT2D eigenvalue weighted by Crippen LogP contribution is 2.49. The molecule has 13 unspecified atom stereocenters. The summed E-state index contributed by atoms with van der Waals surface area (Å²) in [6, 6.07) is 7.23. The van der Waals surface area contributed by atoms with Crippen molar-refractivity contribution in [3.63, 3.8) is 0 Å². The molecule has 0 bridgehead atoms. The van der Waals surface area contributed by atoms with Crippen LogP contribution < -0.4 is 0 Å². The van der Waals surface area contributed by atoms with Crippen LogP contribution in [-0.2, 0) is 23.7 Å². The molecule has 8 nitrogen and oxygen atoms in total. The zero-order valence-electron chi connectivity index (χ0n) is 33.5. The second-order valence-electron chi connectivity index (χ2n) is 17.5. The van der Waals surface area contributed by atoms with Gasteiger partial charge in [0.25, 0.3) is 0 Å². The highest BCUT2D eigenvalue weighted by atomic mass is 16.6. The molecule has 0 aliphatic carbocycles. The minimum Gasteiger partial charge on any atom is -0.508 e. The van der Waals surface area contributed by atoms with Gasteiger partial charge in [-0.1, -0.05) is 73.7 Å². The minimum atomic E-state index is -0.929. The van der Waals surface area contributed by atoms with Crippen molar-refractivity contribution >= 4 is 6.08 Å². The van der Waals surface area contributed by atoms with Crippen LogP contribution in [0.3, 0.4) is 0 Å². The summed E-state index contributed by atoms with van der Waals surface area (Å²) in [4.78, 5) is 0. The Morgan fingerprint density at radius 3 is 2.41 bits per heavy atom. The van der Waals surface area contributed by atoms with Crippen molar-refractivity contribution in [2.24, 2.45) is 5.92 Å². The summed E-state index contributed by atoms with van der Waals surface area (Å²) in [5.74, 6) is 0.564. The van der Waals surface area contributed by atoms with Crippen molar-refractivity contribution in [3.8, 4) is 5.75 Å². The highest BCUT2D eigenvalue weighted by molar-refractivity contribution is 5.53. The zero-order chi connectivity index (χ0) is 38.7. The number of aliphatic hydroxyl groups is 2. The van der Waals surface area contributed by atoms with Gasteiger partial charge in [-0.15, -0.1) is 0 Å². The fourth-order valence-electron chi connectivity index (χ4n) is 9.46. The number of aliphatic hydroxyl groups excluding tert-OH is 1. The van der Waals surface area contributed by atoms with Crippen LogP contribution >= 0.6 is 0 Å². The van der Waals surface area contributed by atoms with Gasteiger partial charge in [0.1, 0.15) is 11.9 Å². The number of benzene rings is 1. The summed E-state index contributed by atoms with van der Waals surface area (Å²) < 4.78 is 34.4. The Balaban J connectivity index is 1.07. The van der Waals surface area contributed by atoms with Crippen molar-refractivity contribution in [1.29, 1.82) is 0 Å². The lowest BCUT2D eigenvalue weighted by atomic mass is 9.79. The first-order valence-electron chi connectivity index (χ1n) is 20.5. The number of fused-ring (bicyclic) bond motifs is 4. The molecule has 5 aliphatic heterocycles. The zero-order valence-corrected chi connectivity index (χ0v) is 33.5. The standard InChI is InChI=1S/C46H66O8/c1-8-9-10-11-21-40-44(5,49)24-22-37-38(50-40)23-25-45(6)42(51-37)28-39-43(54-45)35(48)29-46(7)41(52-39)26-32(4)36(53-46)20-13-16-31(3)30(2)15-12-17-33-18-14-19-34(47)27-33/h8-10,12,14-19,27,32,35-43,47-49H,1,11,13,20-26,28-29H2,2-7H3. The average Bonchev–Trinajstić information content (AvgIpc) is 3.38. The van der Waals surface area contributed by atoms with E-state index in [0.717, 1.165) is 56.9 Å². The molecule has 5 heterocycles. The smallest absolute Gasteiger partial charge is 0.116 e. The van der Waals surface area contributed by atoms with E-state index in [0.29, 0.717) is 25.2 Å². The quantitative estimate of drug-likeness (QED) is 0.204. The molecule has 1 aromatic rings. The predicted octanol–water partition coefficient (Wildman–Crippen LogP) is 8.70. The van der Waals surface area contributed by atoms with Crippen LogP contribution in [0.1, 0.15) is 118 Å². The third-order valence-electron chi connectivity index (χ3n) is 13.1. The van der Waals surface area contributed by atoms with E-state index >= 15 is 0 Å². The molecular formula is C46H66O8. The van der Waals surface area contributed by atoms with Crippen molar-refractivity contribution < 1.29 is 39.0 Å². The Labute approximate surface area is 324 Å². The molecular weight excluding hydrogens is 680 g/mol. The number of phenols is 1. The van der Waals surface area contributed by atoms with Gasteiger partial charge in [-0.05, 0) is 122 Å². The van der Waals surface area contributed by atoms with Crippen molar-refractivity contribution in [1.82, 2.24) is 0 Å². The number of phenolic OH excluding ortho intramolecular Hbond substituents is 1. The Hall–Kier alpha value is -2.56. The molecule has 0 amide bonds. The lowest BCUT2D eigenvalue weighted by molar-refractivity contribution is -0.273. The number of allylic oxidation sites excluding steroid dienone is 8. The fourth-order valence-corrected chi connectivity index (χ4v) is 9.46. The van der Waals surface area contributed by atoms with Crippen molar-refractivity contribution in [2.45, 2.75) is 184 Å². The normalized spacial score (nSPS) is 41.9. The molecule has 6 rings (SSSR count). The van der Waals surface area contributed by atoms with Gasteiger partial charge in [0.2, 0.25) is 0 Å². The van der Waals surface area contributed by atoms with E-state index in [9.17, 15) is 15.3 Å². The summed E-state index contributed by atoms with van der Waals surface area (Å²) in [6.45, 7) is 16.4. The molecule has 5 saturated heterocycles. The van der Waals surface area contributed by atoms with Crippen molar-refractivity contribution in [3.05, 3.63) is 84.0 Å². The second-order valence-corrected chi connectivity index (χ2v) is 17.5. The summed E-state index contributed by atoms with van der Waals surface area (Å²) in [5.41, 5.74) is 1.24. The largest absolute Gasteiger partial charge is 0.508 e. The lowest BCUT2D eigenvalue weighted by Gasteiger charge is -2.49. The topological polar surface area (TPSA) is 107 Å². The third-order valence-corrected chi connectivity index (χ3v) is 13.1. The van der Waals surface area contributed by atoms with Gasteiger partial charge in [0.05, 0.1) is 65.6 Å². The van der Waals surface area contributed by atoms with Gasteiger partial charge in [0.15, 0.2) is 0 Å². The molecule has 13 atom stereocenters. The van der Waals surface area contributed by atoms with Crippen LogP contribution in [0.25, 0.3) is 6.08 Å². The van der Waals surface area contributed by atoms with Crippen LogP contribution in [0.15, 0.2) is 78.4 Å². The number of hydrogen-bond acceptors (Lipinski definition) is 8. The maximum absolute atomic E-state index is 11.8. The van der Waals surface area contributed by atoms with Gasteiger partial charge < -0.3 is 39.0 Å². The van der Waals surface area contributed by atoms with Crippen LogP contribution in [0, 0.1) is 5.92 Å². The van der Waals surface area contributed by atoms with E-state index in [4.69, 9.17) is 23.7 Å². The molecule has 5 aliphatic rings. The highest BCUT2D eigenvalue weighted by Gasteiger charge is 2.58. The van der Waals surface area contributed by atoms with Crippen LogP contribution in [0.2, 0.25) is 0 Å². The summed E-state index contributed by atoms with van der Waals surface area (Å²) in [7, 11) is 0. The molecule has 5 fully saturated rings. The van der Waals surface area contributed by atoms with E-state index in [1.165, 1.54) is 11.1 Å². The molecule has 8 heteroatoms. The fraction of sp³-hybridized carbons (Fsp3) is 0.652. The number of ether oxygens (including phenoxy) is 5. The molecule has 0 spiro atoms. The Morgan fingerprint density at radius 2 is 1.63 bits per heavy atom. The molecule has 3 N–H and O–H groups in total. The number of rotatable bonds is 10. The lowest BCUT2D eigenvalue weighted by Crippen LogP contribution is -2.59. The Bertz CT molecular complexity index is 1560. The minimum absolute atomic E-state index is 0.0558. The molecule has 0 radical (unpaired) electrons. The molecule has 298 valence electrons. The summed E-state index contributed by atoms with van der Waals surface area (Å²) in [6.07, 6.45) is 19.9. The molecule has 0 saturated carbocycles. The molecule has 54 heavy (non-hydrogen) atoms. The molecule has 0 aromatic heterocycles. The molecule has 1 aromatic carbocycles. The Morgan fingerprint density at radius 1 is 0.889 bits per heavy atom. The number of aromatic hydroxyl groups is 1. The van der Waals surface area contributed by atoms with Crippen LogP contribution in [-0.4, -0.2) is 87.1 Å². The van der Waals surface area contributed by atoms with E-state index in [-0.39, 0.29) is 48.5 Å². The van der Waals surface area contributed by atoms with Crippen molar-refractivity contribution in [2.75, 3.05) is 0 Å². The summed E-state index contributed by atoms with van der Waals surface area (Å²) in [5, 5.41) is 32.9. The summed E-state index contributed by atoms with van der Waals surface area (Å²) >= 11 is 0. The van der Waals surface area contributed by atoms with Gasteiger partial charge in [-0.3, -0.25) is 0 Å². The van der Waals surface area contributed by atoms with Gasteiger partial charge >= 0.3 is 0 Å². The SMILES string of the molecule is C=CC=CCCC1OC2CCC3(C)OC4C(O)CC5(C)OC(CCC=C(C)C(C)=CC=Cc6cccc(O)c6)C(C)CC5OC4CC3OC2CCC1(C)O. The van der Waals surface area contributed by atoms with E-state index < -0.39 is 29.0 Å². The Kier molecular flexibility index (Phi) is 13.2. The predicted molar refractivity (Wildman–Crippen MR) is 213 cm³/mol. The van der Waals surface area contributed by atoms with Crippen LogP contribution in [0.4, 0.5) is 0 Å². The van der Waals surface area contributed by atoms with E-state index in [2.05, 4.69) is 59.4 Å². The first-order chi connectivity index (χ1) is 25.7. The van der Waals surface area contributed by atoms with E-state index in [1.807, 2.05) is 37.3 Å². The third kappa shape index (κ3) is 9.51. The number of hydrogen-bond donors (Lipinski definition) is 3. The van der Waals surface area contributed by atoms with Gasteiger partial charge in [-0.2, -0.15) is 0 Å². The maximum atomic E-state index is 11.8. The van der Waals surface area contributed by atoms with E-state index in [1.54, 1.807) is 18.2 Å².